The summed E-state index contributed by atoms with van der Waals surface area (Å²) in [6.45, 7) is 0.239. The van der Waals surface area contributed by atoms with Crippen molar-refractivity contribution in [3.63, 3.8) is 0 Å². The highest BCUT2D eigenvalue weighted by Gasteiger charge is 2.21. The van der Waals surface area contributed by atoms with Gasteiger partial charge in [0.1, 0.15) is 5.75 Å². The van der Waals surface area contributed by atoms with Crippen LogP contribution in [0.5, 0.6) is 5.75 Å². The predicted molar refractivity (Wildman–Crippen MR) is 85.3 cm³/mol. The Kier molecular flexibility index (Phi) is 4.55. The first-order valence-electron chi connectivity index (χ1n) is 6.10. The molecule has 0 saturated carbocycles. The lowest BCUT2D eigenvalue weighted by atomic mass is 10.2. The molecule has 0 aromatic heterocycles. The Hall–Kier alpha value is -1.57. The summed E-state index contributed by atoms with van der Waals surface area (Å²) in [6, 6.07) is 11.3. The van der Waals surface area contributed by atoms with Gasteiger partial charge in [-0.3, -0.25) is 0 Å². The highest BCUT2D eigenvalue weighted by atomic mass is 79.9. The van der Waals surface area contributed by atoms with Crippen LogP contribution in [0.2, 0.25) is 0 Å². The van der Waals surface area contributed by atoms with Gasteiger partial charge < -0.3 is 10.8 Å². The number of rotatable bonds is 4. The topological polar surface area (TPSA) is 83.6 Å². The van der Waals surface area contributed by atoms with Crippen LogP contribution in [-0.4, -0.2) is 24.9 Å². The monoisotopic (exact) mass is 370 g/mol. The molecule has 0 spiro atoms. The summed E-state index contributed by atoms with van der Waals surface area (Å²) in [5.41, 5.74) is 6.45. The number of hydrogen-bond donors (Lipinski definition) is 2. The van der Waals surface area contributed by atoms with E-state index in [-0.39, 0.29) is 22.9 Å². The van der Waals surface area contributed by atoms with Gasteiger partial charge in [-0.25, -0.2) is 8.42 Å². The summed E-state index contributed by atoms with van der Waals surface area (Å²) in [5, 5.41) is 9.38. The number of sulfonamides is 1. The molecular weight excluding hydrogens is 356 g/mol. The molecule has 0 atom stereocenters. The molecule has 0 aliphatic rings. The molecule has 2 rings (SSSR count). The first-order chi connectivity index (χ1) is 9.80. The predicted octanol–water partition coefficient (Wildman–Crippen LogP) is 2.56. The first-order valence-corrected chi connectivity index (χ1v) is 8.33. The Labute approximate surface area is 132 Å². The third-order valence-electron chi connectivity index (χ3n) is 3.00. The quantitative estimate of drug-likeness (QED) is 0.639. The van der Waals surface area contributed by atoms with Gasteiger partial charge in [0.15, 0.2) is 0 Å². The van der Waals surface area contributed by atoms with Crippen LogP contribution in [0.4, 0.5) is 5.69 Å². The second kappa shape index (κ2) is 6.05. The fraction of sp³-hybridized carbons (Fsp3) is 0.143. The van der Waals surface area contributed by atoms with Gasteiger partial charge in [0.2, 0.25) is 10.0 Å². The van der Waals surface area contributed by atoms with Crippen molar-refractivity contribution < 1.29 is 13.5 Å². The second-order valence-corrected chi connectivity index (χ2v) is 7.57. The maximum atomic E-state index is 12.5. The highest BCUT2D eigenvalue weighted by molar-refractivity contribution is 9.10. The van der Waals surface area contributed by atoms with Gasteiger partial charge in [-0.05, 0) is 35.9 Å². The molecule has 5 nitrogen and oxygen atoms in total. The fourth-order valence-electron chi connectivity index (χ4n) is 1.85. The number of nitrogens with zero attached hydrogens (tertiary/aromatic N) is 1. The molecule has 0 aliphatic carbocycles. The third kappa shape index (κ3) is 3.55. The fourth-order valence-corrected chi connectivity index (χ4v) is 3.49. The van der Waals surface area contributed by atoms with Gasteiger partial charge in [0.05, 0.1) is 10.6 Å². The average Bonchev–Trinajstić information content (AvgIpc) is 2.41. The molecule has 3 N–H and O–H groups in total. The molecule has 0 fully saturated rings. The summed E-state index contributed by atoms with van der Waals surface area (Å²) in [4.78, 5) is 0.0512. The molecule has 112 valence electrons. The maximum absolute atomic E-state index is 12.5. The zero-order chi connectivity index (χ0) is 15.6. The van der Waals surface area contributed by atoms with Crippen LogP contribution < -0.4 is 5.73 Å². The minimum absolute atomic E-state index is 0.0342. The van der Waals surface area contributed by atoms with Crippen molar-refractivity contribution in [2.24, 2.45) is 0 Å². The molecule has 0 heterocycles. The molecule has 0 bridgehead atoms. The molecule has 21 heavy (non-hydrogen) atoms. The number of halogens is 1. The highest BCUT2D eigenvalue weighted by Crippen LogP contribution is 2.25. The van der Waals surface area contributed by atoms with E-state index < -0.39 is 10.0 Å². The van der Waals surface area contributed by atoms with E-state index in [2.05, 4.69) is 15.9 Å². The van der Waals surface area contributed by atoms with Crippen LogP contribution in [0.25, 0.3) is 0 Å². The summed E-state index contributed by atoms with van der Waals surface area (Å²) >= 11 is 3.35. The number of phenolic OH excluding ortho intramolecular Hbond substituents is 1. The second-order valence-electron chi connectivity index (χ2n) is 4.61. The van der Waals surface area contributed by atoms with Gasteiger partial charge in [-0.15, -0.1) is 0 Å². The standard InChI is InChI=1S/C14H15BrN2O3S/c1-17(9-10-3-2-4-11(15)7-10)21(19,20)12-5-6-14(18)13(16)8-12/h2-8,18H,9,16H2,1H3. The number of nitrogens with two attached hydrogens (primary N) is 1. The maximum Gasteiger partial charge on any atom is 0.243 e. The summed E-state index contributed by atoms with van der Waals surface area (Å²) in [6.07, 6.45) is 0. The Morgan fingerprint density at radius 1 is 1.24 bits per heavy atom. The van der Waals surface area contributed by atoms with E-state index in [1.54, 1.807) is 0 Å². The summed E-state index contributed by atoms with van der Waals surface area (Å²) in [7, 11) is -2.16. The van der Waals surface area contributed by atoms with E-state index in [1.807, 2.05) is 24.3 Å². The molecule has 0 unspecified atom stereocenters. The lowest BCUT2D eigenvalue weighted by Crippen LogP contribution is -2.26. The van der Waals surface area contributed by atoms with Gasteiger partial charge in [0.25, 0.3) is 0 Å². The van der Waals surface area contributed by atoms with Crippen molar-refractivity contribution in [2.75, 3.05) is 12.8 Å². The molecule has 0 saturated heterocycles. The first kappa shape index (κ1) is 15.8. The van der Waals surface area contributed by atoms with E-state index >= 15 is 0 Å². The Bertz CT molecular complexity index is 763. The number of phenols is 1. The minimum atomic E-state index is -3.66. The van der Waals surface area contributed by atoms with Crippen LogP contribution in [0.1, 0.15) is 5.56 Å². The number of benzene rings is 2. The van der Waals surface area contributed by atoms with Gasteiger partial charge in [-0.2, -0.15) is 4.31 Å². The number of nitrogen functional groups attached to an aromatic ring is 1. The lowest BCUT2D eigenvalue weighted by molar-refractivity contribution is 0.465. The number of anilines is 1. The normalized spacial score (nSPS) is 11.8. The van der Waals surface area contributed by atoms with Crippen LogP contribution in [0.15, 0.2) is 51.8 Å². The zero-order valence-corrected chi connectivity index (χ0v) is 13.7. The van der Waals surface area contributed by atoms with Crippen LogP contribution >= 0.6 is 15.9 Å². The molecule has 0 radical (unpaired) electrons. The molecule has 2 aromatic carbocycles. The van der Waals surface area contributed by atoms with Crippen LogP contribution in [0, 0.1) is 0 Å². The van der Waals surface area contributed by atoms with E-state index in [0.29, 0.717) is 0 Å². The third-order valence-corrected chi connectivity index (χ3v) is 5.29. The van der Waals surface area contributed by atoms with E-state index in [1.165, 1.54) is 29.6 Å². The zero-order valence-electron chi connectivity index (χ0n) is 11.3. The summed E-state index contributed by atoms with van der Waals surface area (Å²) < 4.78 is 27.0. The van der Waals surface area contributed by atoms with E-state index in [0.717, 1.165) is 10.0 Å². The molecule has 0 amide bonds. The van der Waals surface area contributed by atoms with Crippen molar-refractivity contribution in [1.82, 2.24) is 4.31 Å². The minimum Gasteiger partial charge on any atom is -0.506 e. The Morgan fingerprint density at radius 2 is 1.95 bits per heavy atom. The molecule has 7 heteroatoms. The van der Waals surface area contributed by atoms with Gasteiger partial charge in [-0.1, -0.05) is 28.1 Å². The Balaban J connectivity index is 2.28. The number of hydrogen-bond acceptors (Lipinski definition) is 4. The largest absolute Gasteiger partial charge is 0.506 e. The number of aromatic hydroxyl groups is 1. The van der Waals surface area contributed by atoms with Crippen molar-refractivity contribution in [3.05, 3.63) is 52.5 Å². The lowest BCUT2D eigenvalue weighted by Gasteiger charge is -2.18. The average molecular weight is 371 g/mol. The molecular formula is C14H15BrN2O3S. The van der Waals surface area contributed by atoms with Crippen molar-refractivity contribution >= 4 is 31.6 Å². The van der Waals surface area contributed by atoms with Gasteiger partial charge >= 0.3 is 0 Å². The van der Waals surface area contributed by atoms with Crippen molar-refractivity contribution in [1.29, 1.82) is 0 Å². The van der Waals surface area contributed by atoms with Crippen molar-refractivity contribution in [3.8, 4) is 5.75 Å². The Morgan fingerprint density at radius 3 is 2.57 bits per heavy atom. The molecule has 2 aromatic rings. The van der Waals surface area contributed by atoms with Crippen LogP contribution in [-0.2, 0) is 16.6 Å². The summed E-state index contributed by atoms with van der Waals surface area (Å²) in [5.74, 6) is -0.136. The van der Waals surface area contributed by atoms with Gasteiger partial charge in [0, 0.05) is 18.1 Å². The smallest absolute Gasteiger partial charge is 0.243 e. The molecule has 0 aliphatic heterocycles. The van der Waals surface area contributed by atoms with E-state index in [4.69, 9.17) is 5.73 Å². The van der Waals surface area contributed by atoms with Crippen molar-refractivity contribution in [2.45, 2.75) is 11.4 Å². The SMILES string of the molecule is CN(Cc1cccc(Br)c1)S(=O)(=O)c1ccc(O)c(N)c1. The van der Waals surface area contributed by atoms with E-state index in [9.17, 15) is 13.5 Å². The van der Waals surface area contributed by atoms with Crippen LogP contribution in [0.3, 0.4) is 0 Å².